The van der Waals surface area contributed by atoms with E-state index < -0.39 is 0 Å². The van der Waals surface area contributed by atoms with Crippen molar-refractivity contribution in [2.24, 2.45) is 0 Å². The average molecular weight is 609 g/mol. The maximum absolute atomic E-state index is 6.78. The van der Waals surface area contributed by atoms with Crippen LogP contribution in [0.1, 0.15) is 0 Å². The lowest BCUT2D eigenvalue weighted by Gasteiger charge is -2.41. The summed E-state index contributed by atoms with van der Waals surface area (Å²) in [5.41, 5.74) is 13.1. The van der Waals surface area contributed by atoms with E-state index in [1.165, 1.54) is 87.9 Å². The number of hydrogen-bond acceptors (Lipinski definition) is 2. The van der Waals surface area contributed by atoms with Crippen LogP contribution in [-0.2, 0) is 0 Å². The molecule has 2 aliphatic heterocycles. The predicted octanol–water partition coefficient (Wildman–Crippen LogP) is 10.4. The number of rotatable bonds is 1. The van der Waals surface area contributed by atoms with Crippen LogP contribution in [0.4, 0.5) is 17.1 Å². The molecule has 0 saturated heterocycles. The van der Waals surface area contributed by atoms with Crippen molar-refractivity contribution in [3.63, 3.8) is 0 Å². The third kappa shape index (κ3) is 2.93. The van der Waals surface area contributed by atoms with E-state index >= 15 is 0 Å². The SMILES string of the molecule is c1ccc2c(N3c4cc5oc6ccccc6c5c5c4B(c4ccc6ccccc6c43)n3c4ccccc4c4cccc-5c43)cccc2c1. The molecule has 0 fully saturated rings. The highest BCUT2D eigenvalue weighted by atomic mass is 16.3. The van der Waals surface area contributed by atoms with Crippen molar-refractivity contribution in [1.29, 1.82) is 0 Å². The summed E-state index contributed by atoms with van der Waals surface area (Å²) in [5, 5.41) is 9.85. The minimum absolute atomic E-state index is 0.0313. The minimum Gasteiger partial charge on any atom is -0.456 e. The summed E-state index contributed by atoms with van der Waals surface area (Å²) in [5.74, 6) is 0. The molecule has 8 aromatic carbocycles. The van der Waals surface area contributed by atoms with Crippen LogP contribution in [0.25, 0.3) is 76.4 Å². The van der Waals surface area contributed by atoms with Gasteiger partial charge in [0.05, 0.1) is 11.4 Å². The molecule has 4 heteroatoms. The number of anilines is 3. The van der Waals surface area contributed by atoms with Crippen LogP contribution in [0.5, 0.6) is 0 Å². The van der Waals surface area contributed by atoms with Gasteiger partial charge in [-0.1, -0.05) is 127 Å². The molecule has 0 unspecified atom stereocenters. The Kier molecular flexibility index (Phi) is 4.54. The molecule has 0 amide bonds. The minimum atomic E-state index is -0.0313. The van der Waals surface area contributed by atoms with Crippen LogP contribution in [-0.4, -0.2) is 11.3 Å². The molecule has 2 aromatic heterocycles. The van der Waals surface area contributed by atoms with Crippen molar-refractivity contribution in [3.05, 3.63) is 152 Å². The van der Waals surface area contributed by atoms with Gasteiger partial charge in [0.25, 0.3) is 0 Å². The van der Waals surface area contributed by atoms with Crippen LogP contribution < -0.4 is 15.8 Å². The van der Waals surface area contributed by atoms with Gasteiger partial charge in [-0.25, -0.2) is 0 Å². The molecule has 0 spiro atoms. The molecular formula is C44H25BN2O. The maximum atomic E-state index is 6.78. The number of nitrogens with zero attached hydrogens (tertiary/aromatic N) is 2. The van der Waals surface area contributed by atoms with E-state index in [0.717, 1.165) is 16.6 Å². The largest absolute Gasteiger partial charge is 0.456 e. The summed E-state index contributed by atoms with van der Waals surface area (Å²) in [6, 6.07) is 55.6. The summed E-state index contributed by atoms with van der Waals surface area (Å²) in [4.78, 5) is 2.54. The number of fused-ring (bicyclic) bond motifs is 14. The molecule has 10 aromatic rings. The first-order valence-electron chi connectivity index (χ1n) is 16.6. The van der Waals surface area contributed by atoms with Crippen molar-refractivity contribution in [2.75, 3.05) is 4.90 Å². The molecule has 0 saturated carbocycles. The molecule has 220 valence electrons. The van der Waals surface area contributed by atoms with Crippen LogP contribution in [0.15, 0.2) is 156 Å². The Balaban J connectivity index is 1.37. The lowest BCUT2D eigenvalue weighted by Crippen LogP contribution is -2.56. The lowest BCUT2D eigenvalue weighted by molar-refractivity contribution is 0.669. The first-order valence-corrected chi connectivity index (χ1v) is 16.6. The highest BCUT2D eigenvalue weighted by Gasteiger charge is 2.44. The first-order chi connectivity index (χ1) is 23.8. The van der Waals surface area contributed by atoms with Crippen molar-refractivity contribution >= 4 is 100 Å². The number of furan rings is 1. The summed E-state index contributed by atoms with van der Waals surface area (Å²) >= 11 is 0. The quantitative estimate of drug-likeness (QED) is 0.173. The van der Waals surface area contributed by atoms with E-state index in [-0.39, 0.29) is 6.85 Å². The first kappa shape index (κ1) is 24.9. The second-order valence-electron chi connectivity index (χ2n) is 13.2. The van der Waals surface area contributed by atoms with Crippen LogP contribution in [0, 0.1) is 0 Å². The fraction of sp³-hybridized carbons (Fsp3) is 0. The van der Waals surface area contributed by atoms with Gasteiger partial charge in [0.15, 0.2) is 0 Å². The molecule has 0 aliphatic carbocycles. The number of para-hydroxylation sites is 3. The Morgan fingerprint density at radius 2 is 1.19 bits per heavy atom. The Morgan fingerprint density at radius 3 is 2.08 bits per heavy atom. The highest BCUT2D eigenvalue weighted by molar-refractivity contribution is 6.90. The van der Waals surface area contributed by atoms with Crippen molar-refractivity contribution in [2.45, 2.75) is 0 Å². The molecule has 3 nitrogen and oxygen atoms in total. The van der Waals surface area contributed by atoms with Gasteiger partial charge in [-0.15, -0.1) is 0 Å². The second kappa shape index (κ2) is 8.75. The van der Waals surface area contributed by atoms with Crippen LogP contribution in [0.3, 0.4) is 0 Å². The van der Waals surface area contributed by atoms with Crippen LogP contribution >= 0.6 is 0 Å². The third-order valence-electron chi connectivity index (χ3n) is 10.9. The van der Waals surface area contributed by atoms with Gasteiger partial charge in [-0.2, -0.15) is 0 Å². The fourth-order valence-electron chi connectivity index (χ4n) is 9.09. The van der Waals surface area contributed by atoms with Crippen molar-refractivity contribution < 1.29 is 4.42 Å². The smallest absolute Gasteiger partial charge is 0.333 e. The van der Waals surface area contributed by atoms with Crippen LogP contribution in [0.2, 0.25) is 0 Å². The van der Waals surface area contributed by atoms with Gasteiger partial charge in [-0.3, -0.25) is 0 Å². The maximum Gasteiger partial charge on any atom is 0.333 e. The van der Waals surface area contributed by atoms with Gasteiger partial charge < -0.3 is 13.8 Å². The summed E-state index contributed by atoms with van der Waals surface area (Å²) in [6.07, 6.45) is 0. The Hall–Kier alpha value is -6.26. The molecular weight excluding hydrogens is 583 g/mol. The zero-order valence-electron chi connectivity index (χ0n) is 25.8. The molecule has 0 N–H and O–H groups in total. The summed E-state index contributed by atoms with van der Waals surface area (Å²) < 4.78 is 9.41. The zero-order valence-corrected chi connectivity index (χ0v) is 25.8. The van der Waals surface area contributed by atoms with Gasteiger partial charge >= 0.3 is 6.85 Å². The predicted molar refractivity (Wildman–Crippen MR) is 202 cm³/mol. The topological polar surface area (TPSA) is 21.3 Å². The summed E-state index contributed by atoms with van der Waals surface area (Å²) in [6.45, 7) is -0.0313. The summed E-state index contributed by atoms with van der Waals surface area (Å²) in [7, 11) is 0. The highest BCUT2D eigenvalue weighted by Crippen LogP contribution is 2.51. The monoisotopic (exact) mass is 608 g/mol. The molecule has 12 rings (SSSR count). The van der Waals surface area contributed by atoms with Gasteiger partial charge in [0, 0.05) is 60.7 Å². The Bertz CT molecular complexity index is 3040. The second-order valence-corrected chi connectivity index (χ2v) is 13.2. The number of aromatic nitrogens is 1. The average Bonchev–Trinajstić information content (AvgIpc) is 3.69. The van der Waals surface area contributed by atoms with Crippen molar-refractivity contribution in [3.8, 4) is 11.1 Å². The standard InChI is InChI=1S/C44H25BN2O/c1-3-14-28-26(11-1)13-9-21-35(28)46-37-25-39-40(32-17-6-8-22-38(32)48-39)41-33-19-10-18-31-30-16-5-7-20-36(30)47(43(31)33)45(42(37)41)34-24-23-27-12-2-4-15-29(27)44(34)46/h1-25H. The van der Waals surface area contributed by atoms with E-state index in [1.54, 1.807) is 0 Å². The molecule has 0 bridgehead atoms. The molecule has 48 heavy (non-hydrogen) atoms. The van der Waals surface area contributed by atoms with Crippen molar-refractivity contribution in [1.82, 2.24) is 4.48 Å². The number of benzene rings is 8. The van der Waals surface area contributed by atoms with E-state index in [1.807, 2.05) is 0 Å². The van der Waals surface area contributed by atoms with Gasteiger partial charge in [0.2, 0.25) is 0 Å². The third-order valence-corrected chi connectivity index (χ3v) is 10.9. The van der Waals surface area contributed by atoms with E-state index in [2.05, 4.69) is 161 Å². The fourth-order valence-corrected chi connectivity index (χ4v) is 9.09. The van der Waals surface area contributed by atoms with Gasteiger partial charge in [0.1, 0.15) is 11.2 Å². The van der Waals surface area contributed by atoms with E-state index in [4.69, 9.17) is 4.42 Å². The Labute approximate surface area is 275 Å². The van der Waals surface area contributed by atoms with Gasteiger partial charge in [-0.05, 0) is 45.5 Å². The van der Waals surface area contributed by atoms with E-state index in [9.17, 15) is 0 Å². The number of hydrogen-bond donors (Lipinski definition) is 0. The van der Waals surface area contributed by atoms with E-state index in [0.29, 0.717) is 0 Å². The zero-order chi connectivity index (χ0) is 31.1. The molecule has 2 aliphatic rings. The lowest BCUT2D eigenvalue weighted by atomic mass is 9.44. The Morgan fingerprint density at radius 1 is 0.500 bits per heavy atom. The molecule has 0 atom stereocenters. The molecule has 4 heterocycles. The molecule has 0 radical (unpaired) electrons. The normalized spacial score (nSPS) is 13.3.